The van der Waals surface area contributed by atoms with Crippen LogP contribution >= 0.6 is 0 Å². The third-order valence-corrected chi connectivity index (χ3v) is 2.81. The molecule has 1 aromatic rings. The number of hydrogen-bond donors (Lipinski definition) is 1. The van der Waals surface area contributed by atoms with E-state index in [1.54, 1.807) is 32.0 Å². The Bertz CT molecular complexity index is 481. The second-order valence-electron chi connectivity index (χ2n) is 4.38. The van der Waals surface area contributed by atoms with Gasteiger partial charge in [0.2, 0.25) is 0 Å². The number of carbonyl (C=O) groups is 1. The lowest BCUT2D eigenvalue weighted by Gasteiger charge is -2.28. The molecule has 1 atom stereocenters. The summed E-state index contributed by atoms with van der Waals surface area (Å²) in [5.41, 5.74) is -0.590. The third kappa shape index (κ3) is 4.08. The molecule has 0 aliphatic heterocycles. The van der Waals surface area contributed by atoms with E-state index in [1.807, 2.05) is 0 Å². The second-order valence-corrected chi connectivity index (χ2v) is 4.38. The molecule has 0 aliphatic carbocycles. The van der Waals surface area contributed by atoms with Crippen molar-refractivity contribution in [2.24, 2.45) is 0 Å². The van der Waals surface area contributed by atoms with Gasteiger partial charge in [0.1, 0.15) is 11.4 Å². The van der Waals surface area contributed by atoms with E-state index in [4.69, 9.17) is 11.2 Å². The number of ether oxygens (including phenoxy) is 1. The van der Waals surface area contributed by atoms with Crippen molar-refractivity contribution in [1.29, 1.82) is 0 Å². The summed E-state index contributed by atoms with van der Waals surface area (Å²) in [6.45, 7) is 3.87. The standard InChI is InChI=1S/C15H18FNO2/c1-4-10-17-15(3,14(18)19-5-2)11-12-8-6-7-9-13(12)16/h1,6-9,17H,5,10-11H2,2-3H3. The van der Waals surface area contributed by atoms with Crippen LogP contribution in [0.3, 0.4) is 0 Å². The van der Waals surface area contributed by atoms with Crippen LogP contribution in [0.5, 0.6) is 0 Å². The normalized spacial score (nSPS) is 13.4. The molecule has 0 amide bonds. The van der Waals surface area contributed by atoms with Gasteiger partial charge in [-0.2, -0.15) is 0 Å². The van der Waals surface area contributed by atoms with Crippen LogP contribution in [0.15, 0.2) is 24.3 Å². The average molecular weight is 263 g/mol. The predicted octanol–water partition coefficient (Wildman–Crippen LogP) is 1.91. The molecule has 3 nitrogen and oxygen atoms in total. The summed E-state index contributed by atoms with van der Waals surface area (Å²) in [7, 11) is 0. The third-order valence-electron chi connectivity index (χ3n) is 2.81. The maximum absolute atomic E-state index is 13.7. The zero-order valence-electron chi connectivity index (χ0n) is 11.2. The van der Waals surface area contributed by atoms with E-state index in [9.17, 15) is 9.18 Å². The molecular weight excluding hydrogens is 245 g/mol. The first-order valence-electron chi connectivity index (χ1n) is 6.12. The van der Waals surface area contributed by atoms with Gasteiger partial charge >= 0.3 is 5.97 Å². The highest BCUT2D eigenvalue weighted by Gasteiger charge is 2.35. The largest absolute Gasteiger partial charge is 0.465 e. The van der Waals surface area contributed by atoms with Gasteiger partial charge in [-0.25, -0.2) is 4.39 Å². The van der Waals surface area contributed by atoms with E-state index >= 15 is 0 Å². The van der Waals surface area contributed by atoms with Crippen molar-refractivity contribution in [3.8, 4) is 12.3 Å². The van der Waals surface area contributed by atoms with E-state index in [1.165, 1.54) is 6.07 Å². The summed E-state index contributed by atoms with van der Waals surface area (Å²) < 4.78 is 18.7. The van der Waals surface area contributed by atoms with E-state index in [0.29, 0.717) is 5.56 Å². The number of nitrogens with one attached hydrogen (secondary N) is 1. The summed E-state index contributed by atoms with van der Waals surface area (Å²) in [6.07, 6.45) is 5.38. The fourth-order valence-electron chi connectivity index (χ4n) is 1.77. The lowest BCUT2D eigenvalue weighted by atomic mass is 9.92. The number of benzene rings is 1. The average Bonchev–Trinajstić information content (AvgIpc) is 2.39. The van der Waals surface area contributed by atoms with Gasteiger partial charge in [0, 0.05) is 6.42 Å². The minimum atomic E-state index is -1.04. The Balaban J connectivity index is 2.94. The van der Waals surface area contributed by atoms with E-state index in [2.05, 4.69) is 11.2 Å². The number of terminal acetylenes is 1. The summed E-state index contributed by atoms with van der Waals surface area (Å²) in [5, 5.41) is 2.93. The van der Waals surface area contributed by atoms with Crippen molar-refractivity contribution < 1.29 is 13.9 Å². The maximum Gasteiger partial charge on any atom is 0.326 e. The van der Waals surface area contributed by atoms with Crippen molar-refractivity contribution in [1.82, 2.24) is 5.32 Å². The molecule has 1 rings (SSSR count). The molecule has 0 bridgehead atoms. The van der Waals surface area contributed by atoms with Gasteiger partial charge in [0.15, 0.2) is 0 Å². The lowest BCUT2D eigenvalue weighted by molar-refractivity contribution is -0.150. The van der Waals surface area contributed by atoms with Crippen LogP contribution in [-0.4, -0.2) is 24.7 Å². The van der Waals surface area contributed by atoms with Gasteiger partial charge in [-0.3, -0.25) is 10.1 Å². The zero-order valence-corrected chi connectivity index (χ0v) is 11.2. The van der Waals surface area contributed by atoms with Crippen LogP contribution in [0.25, 0.3) is 0 Å². The van der Waals surface area contributed by atoms with Gasteiger partial charge in [-0.05, 0) is 25.5 Å². The van der Waals surface area contributed by atoms with E-state index < -0.39 is 11.5 Å². The molecule has 1 unspecified atom stereocenters. The van der Waals surface area contributed by atoms with Gasteiger partial charge in [-0.1, -0.05) is 24.1 Å². The number of carbonyl (C=O) groups excluding carboxylic acids is 1. The van der Waals surface area contributed by atoms with Crippen LogP contribution in [0.4, 0.5) is 4.39 Å². The van der Waals surface area contributed by atoms with Crippen LogP contribution in [0.1, 0.15) is 19.4 Å². The van der Waals surface area contributed by atoms with Crippen molar-refractivity contribution in [2.75, 3.05) is 13.2 Å². The molecular formula is C15H18FNO2. The number of rotatable bonds is 6. The minimum Gasteiger partial charge on any atom is -0.465 e. The Kier molecular flexibility index (Phi) is 5.53. The molecule has 0 radical (unpaired) electrons. The molecule has 4 heteroatoms. The molecule has 0 spiro atoms. The Morgan fingerprint density at radius 3 is 2.79 bits per heavy atom. The lowest BCUT2D eigenvalue weighted by Crippen LogP contribution is -2.52. The highest BCUT2D eigenvalue weighted by atomic mass is 19.1. The second kappa shape index (κ2) is 6.91. The zero-order chi connectivity index (χ0) is 14.3. The minimum absolute atomic E-state index is 0.181. The van der Waals surface area contributed by atoms with Crippen LogP contribution in [-0.2, 0) is 16.0 Å². The fraction of sp³-hybridized carbons (Fsp3) is 0.400. The summed E-state index contributed by atoms with van der Waals surface area (Å²) in [6, 6.07) is 6.34. The molecule has 0 aromatic heterocycles. The number of esters is 1. The highest BCUT2D eigenvalue weighted by molar-refractivity contribution is 5.80. The highest BCUT2D eigenvalue weighted by Crippen LogP contribution is 2.17. The molecule has 0 fully saturated rings. The Morgan fingerprint density at radius 1 is 1.53 bits per heavy atom. The van der Waals surface area contributed by atoms with Crippen molar-refractivity contribution >= 4 is 5.97 Å². The number of halogens is 1. The summed E-state index contributed by atoms with van der Waals surface area (Å²) in [5.74, 6) is 1.62. The van der Waals surface area contributed by atoms with E-state index in [0.717, 1.165) is 0 Å². The maximum atomic E-state index is 13.7. The summed E-state index contributed by atoms with van der Waals surface area (Å²) >= 11 is 0. The monoisotopic (exact) mass is 263 g/mol. The smallest absolute Gasteiger partial charge is 0.326 e. The molecule has 1 aromatic carbocycles. The Labute approximate surface area is 113 Å². The van der Waals surface area contributed by atoms with Crippen molar-refractivity contribution in [2.45, 2.75) is 25.8 Å². The van der Waals surface area contributed by atoms with Gasteiger partial charge in [0.05, 0.1) is 13.2 Å². The molecule has 0 heterocycles. The van der Waals surface area contributed by atoms with Crippen LogP contribution in [0.2, 0.25) is 0 Å². The SMILES string of the molecule is C#CCNC(C)(Cc1ccccc1F)C(=O)OCC. The van der Waals surface area contributed by atoms with Gasteiger partial charge < -0.3 is 4.74 Å². The van der Waals surface area contributed by atoms with E-state index in [-0.39, 0.29) is 25.4 Å². The first-order chi connectivity index (χ1) is 9.03. The Hall–Kier alpha value is -1.86. The van der Waals surface area contributed by atoms with Crippen molar-refractivity contribution in [3.05, 3.63) is 35.6 Å². The topological polar surface area (TPSA) is 38.3 Å². The molecule has 0 saturated heterocycles. The molecule has 0 aliphatic rings. The van der Waals surface area contributed by atoms with Gasteiger partial charge in [-0.15, -0.1) is 6.42 Å². The fourth-order valence-corrected chi connectivity index (χ4v) is 1.77. The molecule has 19 heavy (non-hydrogen) atoms. The van der Waals surface area contributed by atoms with Crippen molar-refractivity contribution in [3.63, 3.8) is 0 Å². The summed E-state index contributed by atoms with van der Waals surface area (Å²) in [4.78, 5) is 12.0. The van der Waals surface area contributed by atoms with Crippen LogP contribution < -0.4 is 5.32 Å². The van der Waals surface area contributed by atoms with Crippen LogP contribution in [0, 0.1) is 18.2 Å². The Morgan fingerprint density at radius 2 is 2.21 bits per heavy atom. The molecule has 0 saturated carbocycles. The quantitative estimate of drug-likeness (QED) is 0.629. The molecule has 1 N–H and O–H groups in total. The first kappa shape index (κ1) is 15.2. The van der Waals surface area contributed by atoms with Gasteiger partial charge in [0.25, 0.3) is 0 Å². The molecule has 102 valence electrons. The predicted molar refractivity (Wildman–Crippen MR) is 72.0 cm³/mol. The first-order valence-corrected chi connectivity index (χ1v) is 6.12. The number of hydrogen-bond acceptors (Lipinski definition) is 3.